The number of aliphatic carboxylic acids is 1. The van der Waals surface area contributed by atoms with Crippen LogP contribution in [0.3, 0.4) is 0 Å². The molecule has 0 fully saturated rings. The van der Waals surface area contributed by atoms with E-state index in [2.05, 4.69) is 10.2 Å². The number of hydrogen-bond acceptors (Lipinski definition) is 3. The molecule has 1 aromatic rings. The van der Waals surface area contributed by atoms with E-state index in [4.69, 9.17) is 11.7 Å². The summed E-state index contributed by atoms with van der Waals surface area (Å²) < 4.78 is 39.0. The lowest BCUT2D eigenvalue weighted by molar-refractivity contribution is -0.140. The summed E-state index contributed by atoms with van der Waals surface area (Å²) in [4.78, 5) is 13.8. The van der Waals surface area contributed by atoms with E-state index in [9.17, 15) is 23.1 Å². The molecule has 0 aliphatic rings. The van der Waals surface area contributed by atoms with Crippen molar-refractivity contribution in [3.63, 3.8) is 0 Å². The molecule has 21 heavy (non-hydrogen) atoms. The number of nitrogens with one attached hydrogen (secondary N) is 1. The fourth-order valence-electron chi connectivity index (χ4n) is 1.86. The van der Waals surface area contributed by atoms with Gasteiger partial charge in [-0.3, -0.25) is 0 Å². The van der Waals surface area contributed by atoms with Crippen LogP contribution in [-0.2, 0) is 11.0 Å². The number of aliphatic hydroxyl groups excluding tert-OH is 1. The molecular weight excluding hydrogens is 289 g/mol. The van der Waals surface area contributed by atoms with Gasteiger partial charge in [0.1, 0.15) is 0 Å². The van der Waals surface area contributed by atoms with Gasteiger partial charge in [0.05, 0.1) is 18.2 Å². The SMILES string of the molecule is [C-]#[N+]c1ccc(N[C@@H](C(=O)O)[C@@H](C)O)c(C)c1C(F)(F)F. The van der Waals surface area contributed by atoms with E-state index in [-0.39, 0.29) is 11.3 Å². The maximum absolute atomic E-state index is 13.0. The van der Waals surface area contributed by atoms with Gasteiger partial charge in [0.25, 0.3) is 0 Å². The van der Waals surface area contributed by atoms with E-state index in [1.807, 2.05) is 0 Å². The fourth-order valence-corrected chi connectivity index (χ4v) is 1.86. The van der Waals surface area contributed by atoms with Crippen molar-refractivity contribution in [1.29, 1.82) is 0 Å². The van der Waals surface area contributed by atoms with Crippen LogP contribution in [0.1, 0.15) is 18.1 Å². The number of alkyl halides is 3. The number of anilines is 1. The van der Waals surface area contributed by atoms with Crippen molar-refractivity contribution >= 4 is 17.3 Å². The number of carbonyl (C=O) groups is 1. The lowest BCUT2D eigenvalue weighted by Crippen LogP contribution is -2.39. The molecule has 0 aromatic heterocycles. The Bertz CT molecular complexity index is 592. The molecule has 0 unspecified atom stereocenters. The molecule has 114 valence electrons. The van der Waals surface area contributed by atoms with Crippen LogP contribution in [-0.4, -0.2) is 28.3 Å². The maximum atomic E-state index is 13.0. The second kappa shape index (κ2) is 6.01. The van der Waals surface area contributed by atoms with Crippen molar-refractivity contribution in [2.45, 2.75) is 32.2 Å². The number of aliphatic hydroxyl groups is 1. The number of benzene rings is 1. The monoisotopic (exact) mass is 302 g/mol. The summed E-state index contributed by atoms with van der Waals surface area (Å²) in [5.74, 6) is -1.40. The van der Waals surface area contributed by atoms with Crippen molar-refractivity contribution in [3.05, 3.63) is 34.7 Å². The summed E-state index contributed by atoms with van der Waals surface area (Å²) in [5, 5.41) is 20.6. The zero-order chi connectivity index (χ0) is 16.4. The van der Waals surface area contributed by atoms with E-state index >= 15 is 0 Å². The quantitative estimate of drug-likeness (QED) is 0.748. The Balaban J connectivity index is 3.35. The number of carboxylic acids is 1. The largest absolute Gasteiger partial charge is 0.480 e. The Morgan fingerprint density at radius 1 is 1.43 bits per heavy atom. The first kappa shape index (κ1) is 16.8. The molecule has 0 radical (unpaired) electrons. The summed E-state index contributed by atoms with van der Waals surface area (Å²) in [6.45, 7) is 9.13. The van der Waals surface area contributed by atoms with Crippen LogP contribution in [0.15, 0.2) is 12.1 Å². The lowest BCUT2D eigenvalue weighted by Gasteiger charge is -2.22. The minimum Gasteiger partial charge on any atom is -0.480 e. The fraction of sp³-hybridized carbons (Fsp3) is 0.385. The molecule has 5 nitrogen and oxygen atoms in total. The van der Waals surface area contributed by atoms with Gasteiger partial charge in [-0.25, -0.2) is 9.64 Å². The predicted molar refractivity (Wildman–Crippen MR) is 69.2 cm³/mol. The minimum absolute atomic E-state index is 0.0944. The Hall–Kier alpha value is -2.27. The molecule has 0 amide bonds. The number of halogens is 3. The predicted octanol–water partition coefficient (Wildman–Crippen LogP) is 2.81. The highest BCUT2D eigenvalue weighted by molar-refractivity contribution is 5.79. The number of carboxylic acid groups (broad SMARTS) is 1. The van der Waals surface area contributed by atoms with Gasteiger partial charge < -0.3 is 15.5 Å². The molecule has 1 aromatic carbocycles. The molecule has 0 spiro atoms. The van der Waals surface area contributed by atoms with Crippen LogP contribution in [0.5, 0.6) is 0 Å². The van der Waals surface area contributed by atoms with E-state index in [0.29, 0.717) is 0 Å². The van der Waals surface area contributed by atoms with Crippen LogP contribution in [0, 0.1) is 13.5 Å². The van der Waals surface area contributed by atoms with E-state index in [1.165, 1.54) is 13.0 Å². The Morgan fingerprint density at radius 2 is 2.00 bits per heavy atom. The first-order valence-corrected chi connectivity index (χ1v) is 5.85. The first-order chi connectivity index (χ1) is 9.59. The molecule has 1 rings (SSSR count). The zero-order valence-corrected chi connectivity index (χ0v) is 11.2. The molecule has 0 aliphatic heterocycles. The Kier molecular flexibility index (Phi) is 4.80. The van der Waals surface area contributed by atoms with E-state index in [1.54, 1.807) is 0 Å². The van der Waals surface area contributed by atoms with Gasteiger partial charge >= 0.3 is 12.1 Å². The summed E-state index contributed by atoms with van der Waals surface area (Å²) in [6, 6.07) is 0.700. The summed E-state index contributed by atoms with van der Waals surface area (Å²) in [6.07, 6.45) is -6.04. The molecule has 2 atom stereocenters. The van der Waals surface area contributed by atoms with E-state index < -0.39 is 35.5 Å². The van der Waals surface area contributed by atoms with Gasteiger partial charge in [0.15, 0.2) is 11.7 Å². The minimum atomic E-state index is -4.73. The van der Waals surface area contributed by atoms with Gasteiger partial charge in [-0.2, -0.15) is 13.2 Å². The van der Waals surface area contributed by atoms with Crippen molar-refractivity contribution in [1.82, 2.24) is 0 Å². The third kappa shape index (κ3) is 3.64. The smallest absolute Gasteiger partial charge is 0.407 e. The molecule has 3 N–H and O–H groups in total. The Morgan fingerprint density at radius 3 is 2.38 bits per heavy atom. The highest BCUT2D eigenvalue weighted by Gasteiger charge is 2.36. The topological polar surface area (TPSA) is 73.9 Å². The summed E-state index contributed by atoms with van der Waals surface area (Å²) in [5.41, 5.74) is -2.06. The van der Waals surface area contributed by atoms with Crippen molar-refractivity contribution in [2.75, 3.05) is 5.32 Å². The summed E-state index contributed by atoms with van der Waals surface area (Å²) in [7, 11) is 0. The third-order valence-electron chi connectivity index (χ3n) is 2.91. The lowest BCUT2D eigenvalue weighted by atomic mass is 10.0. The summed E-state index contributed by atoms with van der Waals surface area (Å²) >= 11 is 0. The number of hydrogen-bond donors (Lipinski definition) is 3. The van der Waals surface area contributed by atoms with Crippen LogP contribution in [0.2, 0.25) is 0 Å². The first-order valence-electron chi connectivity index (χ1n) is 5.85. The van der Waals surface area contributed by atoms with Crippen molar-refractivity contribution in [3.8, 4) is 0 Å². The molecule has 0 bridgehead atoms. The molecule has 8 heteroatoms. The third-order valence-corrected chi connectivity index (χ3v) is 2.91. The standard InChI is InChI=1S/C13H13F3N2O3/c1-6-8(18-11(7(2)19)12(20)21)4-5-9(17-3)10(6)13(14,15)16/h4-5,7,11,18-19H,1-2H3,(H,20,21)/t7-,11-/m1/s1. The van der Waals surface area contributed by atoms with Gasteiger partial charge in [-0.1, -0.05) is 6.07 Å². The van der Waals surface area contributed by atoms with Crippen LogP contribution in [0.4, 0.5) is 24.5 Å². The number of nitrogens with zero attached hydrogens (tertiary/aromatic N) is 1. The van der Waals surface area contributed by atoms with Crippen molar-refractivity contribution < 1.29 is 28.2 Å². The average Bonchev–Trinajstić information content (AvgIpc) is 2.34. The van der Waals surface area contributed by atoms with Gasteiger partial charge in [0.2, 0.25) is 0 Å². The molecule has 0 heterocycles. The van der Waals surface area contributed by atoms with Gasteiger partial charge in [-0.15, -0.1) is 0 Å². The van der Waals surface area contributed by atoms with Crippen LogP contribution < -0.4 is 5.32 Å². The van der Waals surface area contributed by atoms with Gasteiger partial charge in [0, 0.05) is 5.69 Å². The van der Waals surface area contributed by atoms with Gasteiger partial charge in [-0.05, 0) is 25.5 Å². The second-order valence-electron chi connectivity index (χ2n) is 4.44. The van der Waals surface area contributed by atoms with Crippen LogP contribution >= 0.6 is 0 Å². The molecule has 0 aliphatic carbocycles. The van der Waals surface area contributed by atoms with Crippen LogP contribution in [0.25, 0.3) is 4.85 Å². The molecule has 0 saturated carbocycles. The second-order valence-corrected chi connectivity index (χ2v) is 4.44. The number of rotatable bonds is 4. The average molecular weight is 302 g/mol. The van der Waals surface area contributed by atoms with E-state index in [0.717, 1.165) is 13.0 Å². The molecule has 0 saturated heterocycles. The maximum Gasteiger partial charge on any atom is 0.407 e. The highest BCUT2D eigenvalue weighted by Crippen LogP contribution is 2.41. The van der Waals surface area contributed by atoms with Crippen molar-refractivity contribution in [2.24, 2.45) is 0 Å². The zero-order valence-electron chi connectivity index (χ0n) is 11.2. The molecular formula is C13H13F3N2O3. The highest BCUT2D eigenvalue weighted by atomic mass is 19.4. The normalized spacial score (nSPS) is 14.1. The Labute approximate surface area is 118 Å².